The van der Waals surface area contributed by atoms with Gasteiger partial charge in [-0.15, -0.1) is 0 Å². The van der Waals surface area contributed by atoms with Crippen molar-refractivity contribution in [3.8, 4) is 11.4 Å². The molecule has 2 heterocycles. The van der Waals surface area contributed by atoms with Crippen LogP contribution in [0.5, 0.6) is 0 Å². The number of pyridine rings is 1. The third-order valence-electron chi connectivity index (χ3n) is 4.06. The minimum absolute atomic E-state index is 0.202. The van der Waals surface area contributed by atoms with Crippen molar-refractivity contribution in [3.63, 3.8) is 0 Å². The molecule has 2 aromatic carbocycles. The van der Waals surface area contributed by atoms with E-state index < -0.39 is 0 Å². The second kappa shape index (κ2) is 6.72. The average Bonchev–Trinajstić information content (AvgIpc) is 2.68. The summed E-state index contributed by atoms with van der Waals surface area (Å²) in [5.41, 5.74) is 3.28. The van der Waals surface area contributed by atoms with Crippen LogP contribution in [0.25, 0.3) is 22.3 Å². The highest BCUT2D eigenvalue weighted by molar-refractivity contribution is 5.82. The Labute approximate surface area is 150 Å². The number of rotatable bonds is 3. The Morgan fingerprint density at radius 3 is 2.62 bits per heavy atom. The summed E-state index contributed by atoms with van der Waals surface area (Å²) in [5, 5.41) is 4.97. The first-order valence-electron chi connectivity index (χ1n) is 8.25. The first-order valence-corrected chi connectivity index (χ1v) is 8.25. The van der Waals surface area contributed by atoms with Crippen LogP contribution >= 0.6 is 0 Å². The van der Waals surface area contributed by atoms with Crippen molar-refractivity contribution in [2.75, 3.05) is 0 Å². The molecule has 0 fully saturated rings. The maximum Gasteiger partial charge on any atom is 0.282 e. The van der Waals surface area contributed by atoms with Gasteiger partial charge in [0.25, 0.3) is 5.56 Å². The summed E-state index contributed by atoms with van der Waals surface area (Å²) in [6.45, 7) is 2.02. The Morgan fingerprint density at radius 2 is 1.81 bits per heavy atom. The van der Waals surface area contributed by atoms with Crippen molar-refractivity contribution in [3.05, 3.63) is 94.5 Å². The van der Waals surface area contributed by atoms with Gasteiger partial charge in [-0.3, -0.25) is 9.78 Å². The summed E-state index contributed by atoms with van der Waals surface area (Å²) < 4.78 is 1.35. The monoisotopic (exact) mass is 340 g/mol. The number of fused-ring (bicyclic) bond motifs is 1. The number of nitrogens with zero attached hydrogens (tertiary/aromatic N) is 4. The minimum Gasteiger partial charge on any atom is -0.267 e. The predicted molar refractivity (Wildman–Crippen MR) is 103 cm³/mol. The fourth-order valence-electron chi connectivity index (χ4n) is 2.79. The van der Waals surface area contributed by atoms with Gasteiger partial charge in [-0.05, 0) is 36.8 Å². The Balaban J connectivity index is 1.94. The zero-order valence-electron chi connectivity index (χ0n) is 14.2. The van der Waals surface area contributed by atoms with Crippen molar-refractivity contribution in [1.29, 1.82) is 0 Å². The molecule has 2 aromatic heterocycles. The standard InChI is InChI=1S/C21H16N4O/c1-15-5-4-6-16(13-15)14-23-25-20(17-9-11-22-12-10-17)24-19-8-3-2-7-18(19)21(25)26/h2-14H,1H3/b23-14+. The van der Waals surface area contributed by atoms with Gasteiger partial charge in [0.05, 0.1) is 17.1 Å². The van der Waals surface area contributed by atoms with Crippen LogP contribution < -0.4 is 5.56 Å². The molecule has 26 heavy (non-hydrogen) atoms. The molecule has 5 nitrogen and oxygen atoms in total. The molecule has 0 aliphatic carbocycles. The van der Waals surface area contributed by atoms with Gasteiger partial charge in [-0.2, -0.15) is 9.78 Å². The summed E-state index contributed by atoms with van der Waals surface area (Å²) in [6, 6.07) is 18.8. The Hall–Kier alpha value is -3.60. The largest absolute Gasteiger partial charge is 0.282 e. The maximum atomic E-state index is 13.0. The minimum atomic E-state index is -0.202. The van der Waals surface area contributed by atoms with Crippen LogP contribution in [-0.4, -0.2) is 20.9 Å². The summed E-state index contributed by atoms with van der Waals surface area (Å²) in [7, 11) is 0. The molecule has 0 atom stereocenters. The molecule has 0 aliphatic rings. The third kappa shape index (κ3) is 3.02. The Kier molecular flexibility index (Phi) is 4.11. The van der Waals surface area contributed by atoms with Crippen molar-refractivity contribution in [2.45, 2.75) is 6.92 Å². The molecule has 0 saturated carbocycles. The fourth-order valence-corrected chi connectivity index (χ4v) is 2.79. The molecular weight excluding hydrogens is 324 g/mol. The molecular formula is C21H16N4O. The maximum absolute atomic E-state index is 13.0. The van der Waals surface area contributed by atoms with E-state index in [4.69, 9.17) is 0 Å². The quantitative estimate of drug-likeness (QED) is 0.535. The molecule has 0 amide bonds. The van der Waals surface area contributed by atoms with Gasteiger partial charge >= 0.3 is 0 Å². The third-order valence-corrected chi connectivity index (χ3v) is 4.06. The highest BCUT2D eigenvalue weighted by Gasteiger charge is 2.11. The molecule has 0 radical (unpaired) electrons. The smallest absolute Gasteiger partial charge is 0.267 e. The van der Waals surface area contributed by atoms with Gasteiger partial charge in [-0.1, -0.05) is 42.0 Å². The normalized spacial score (nSPS) is 11.3. The van der Waals surface area contributed by atoms with Crippen molar-refractivity contribution in [1.82, 2.24) is 14.6 Å². The van der Waals surface area contributed by atoms with Gasteiger partial charge in [0, 0.05) is 18.0 Å². The van der Waals surface area contributed by atoms with Gasteiger partial charge < -0.3 is 0 Å². The highest BCUT2D eigenvalue weighted by atomic mass is 16.1. The second-order valence-corrected chi connectivity index (χ2v) is 5.96. The number of aromatic nitrogens is 3. The zero-order chi connectivity index (χ0) is 17.9. The highest BCUT2D eigenvalue weighted by Crippen LogP contribution is 2.18. The lowest BCUT2D eigenvalue weighted by Crippen LogP contribution is -2.20. The van der Waals surface area contributed by atoms with E-state index in [0.29, 0.717) is 16.7 Å². The number of benzene rings is 2. The van der Waals surface area contributed by atoms with Crippen LogP contribution in [-0.2, 0) is 0 Å². The van der Waals surface area contributed by atoms with Crippen LogP contribution in [0.2, 0.25) is 0 Å². The van der Waals surface area contributed by atoms with Crippen LogP contribution in [0.3, 0.4) is 0 Å². The second-order valence-electron chi connectivity index (χ2n) is 5.96. The summed E-state index contributed by atoms with van der Waals surface area (Å²) in [4.78, 5) is 21.7. The molecule has 126 valence electrons. The molecule has 0 unspecified atom stereocenters. The molecule has 0 aliphatic heterocycles. The van der Waals surface area contributed by atoms with Crippen LogP contribution in [0.15, 0.2) is 83.0 Å². The van der Waals surface area contributed by atoms with Crippen molar-refractivity contribution >= 4 is 17.1 Å². The van der Waals surface area contributed by atoms with E-state index in [9.17, 15) is 4.79 Å². The van der Waals surface area contributed by atoms with Crippen molar-refractivity contribution < 1.29 is 0 Å². The van der Waals surface area contributed by atoms with E-state index in [2.05, 4.69) is 15.1 Å². The molecule has 4 aromatic rings. The molecule has 5 heteroatoms. The summed E-state index contributed by atoms with van der Waals surface area (Å²) in [5.74, 6) is 0.486. The molecule has 0 N–H and O–H groups in total. The first-order chi connectivity index (χ1) is 12.7. The fraction of sp³-hybridized carbons (Fsp3) is 0.0476. The lowest BCUT2D eigenvalue weighted by molar-refractivity contribution is 0.829. The van der Waals surface area contributed by atoms with Crippen LogP contribution in [0, 0.1) is 6.92 Å². The van der Waals surface area contributed by atoms with Gasteiger partial charge in [0.1, 0.15) is 0 Å². The lowest BCUT2D eigenvalue weighted by atomic mass is 10.2. The van der Waals surface area contributed by atoms with Crippen LogP contribution in [0.1, 0.15) is 11.1 Å². The van der Waals surface area contributed by atoms with Crippen molar-refractivity contribution in [2.24, 2.45) is 5.10 Å². The topological polar surface area (TPSA) is 60.1 Å². The Bertz CT molecular complexity index is 1160. The molecule has 0 saturated heterocycles. The summed E-state index contributed by atoms with van der Waals surface area (Å²) in [6.07, 6.45) is 5.02. The lowest BCUT2D eigenvalue weighted by Gasteiger charge is -2.09. The van der Waals surface area contributed by atoms with E-state index in [0.717, 1.165) is 16.7 Å². The van der Waals surface area contributed by atoms with E-state index in [-0.39, 0.29) is 5.56 Å². The SMILES string of the molecule is Cc1cccc(/C=N/n2c(-c3ccncc3)nc3ccccc3c2=O)c1. The number of hydrogen-bond acceptors (Lipinski definition) is 4. The molecule has 4 rings (SSSR count). The van der Waals surface area contributed by atoms with Gasteiger partial charge in [0.2, 0.25) is 0 Å². The summed E-state index contributed by atoms with van der Waals surface area (Å²) >= 11 is 0. The van der Waals surface area contributed by atoms with Crippen LogP contribution in [0.4, 0.5) is 0 Å². The van der Waals surface area contributed by atoms with E-state index in [1.165, 1.54) is 4.68 Å². The van der Waals surface area contributed by atoms with E-state index >= 15 is 0 Å². The average molecular weight is 340 g/mol. The first kappa shape index (κ1) is 15.9. The number of hydrogen-bond donors (Lipinski definition) is 0. The van der Waals surface area contributed by atoms with Gasteiger partial charge in [0.15, 0.2) is 5.82 Å². The number of aryl methyl sites for hydroxylation is 1. The number of para-hydroxylation sites is 1. The predicted octanol–water partition coefficient (Wildman–Crippen LogP) is 3.65. The Morgan fingerprint density at radius 1 is 1.00 bits per heavy atom. The van der Waals surface area contributed by atoms with E-state index in [1.54, 1.807) is 24.7 Å². The molecule has 0 spiro atoms. The zero-order valence-corrected chi connectivity index (χ0v) is 14.2. The van der Waals surface area contributed by atoms with Gasteiger partial charge in [-0.25, -0.2) is 4.98 Å². The van der Waals surface area contributed by atoms with E-state index in [1.807, 2.05) is 61.5 Å². The molecule has 0 bridgehead atoms.